The molecule has 1 aliphatic heterocycles. The monoisotopic (exact) mass is 351 g/mol. The van der Waals surface area contributed by atoms with Crippen LogP contribution in [0.1, 0.15) is 41.6 Å². The predicted molar refractivity (Wildman–Crippen MR) is 105 cm³/mol. The predicted octanol–water partition coefficient (Wildman–Crippen LogP) is 4.68. The second-order valence-electron chi connectivity index (χ2n) is 6.58. The van der Waals surface area contributed by atoms with Crippen molar-refractivity contribution < 1.29 is 14.6 Å². The fraction of sp³-hybridized carbons (Fsp3) is 0.318. The van der Waals surface area contributed by atoms with Crippen molar-refractivity contribution in [2.24, 2.45) is 0 Å². The first kappa shape index (κ1) is 18.1. The lowest BCUT2D eigenvalue weighted by atomic mass is 10.1. The molecule has 1 aliphatic rings. The Labute approximate surface area is 154 Å². The van der Waals surface area contributed by atoms with Crippen LogP contribution in [0.4, 0.5) is 5.69 Å². The molecule has 136 valence electrons. The third kappa shape index (κ3) is 4.45. The van der Waals surface area contributed by atoms with E-state index in [-0.39, 0.29) is 11.5 Å². The summed E-state index contributed by atoms with van der Waals surface area (Å²) in [7, 11) is 1.50. The molecule has 1 heterocycles. The normalized spacial score (nSPS) is 15.0. The standard InChI is InChI=1S/C22H25NO3/c1-26-22-13-7-17(16-21(22)25)6-12-20(24)18-8-10-19(11-9-18)23-14-4-2-3-5-15-23/h6-13,16,25H,2-5,14-15H2,1H3/b12-6+. The van der Waals surface area contributed by atoms with Gasteiger partial charge in [0, 0.05) is 24.3 Å². The molecule has 1 fully saturated rings. The number of allylic oxidation sites excluding steroid dienone is 1. The number of nitrogens with zero attached hydrogens (tertiary/aromatic N) is 1. The Hall–Kier alpha value is -2.75. The van der Waals surface area contributed by atoms with E-state index in [1.54, 1.807) is 24.3 Å². The minimum absolute atomic E-state index is 0.0530. The van der Waals surface area contributed by atoms with Crippen LogP contribution in [0, 0.1) is 0 Å². The molecule has 2 aromatic carbocycles. The number of carbonyl (C=O) groups is 1. The highest BCUT2D eigenvalue weighted by atomic mass is 16.5. The van der Waals surface area contributed by atoms with Crippen molar-refractivity contribution in [3.05, 3.63) is 59.7 Å². The second kappa shape index (κ2) is 8.56. The van der Waals surface area contributed by atoms with Gasteiger partial charge in [-0.05, 0) is 60.9 Å². The van der Waals surface area contributed by atoms with Crippen molar-refractivity contribution in [2.75, 3.05) is 25.1 Å². The lowest BCUT2D eigenvalue weighted by Crippen LogP contribution is -2.23. The number of benzene rings is 2. The number of aromatic hydroxyl groups is 1. The molecule has 0 radical (unpaired) electrons. The Morgan fingerprint density at radius 1 is 1.04 bits per heavy atom. The van der Waals surface area contributed by atoms with Gasteiger partial charge in [0.1, 0.15) is 0 Å². The summed E-state index contributed by atoms with van der Waals surface area (Å²) < 4.78 is 5.02. The number of phenols is 1. The van der Waals surface area contributed by atoms with Crippen LogP contribution in [-0.4, -0.2) is 31.1 Å². The number of anilines is 1. The van der Waals surface area contributed by atoms with Gasteiger partial charge in [-0.25, -0.2) is 0 Å². The number of carbonyl (C=O) groups excluding carboxylic acids is 1. The number of rotatable bonds is 5. The smallest absolute Gasteiger partial charge is 0.185 e. The van der Waals surface area contributed by atoms with Crippen LogP contribution in [0.5, 0.6) is 11.5 Å². The van der Waals surface area contributed by atoms with Crippen LogP contribution in [-0.2, 0) is 0 Å². The molecule has 0 spiro atoms. The Bertz CT molecular complexity index is 772. The van der Waals surface area contributed by atoms with E-state index in [2.05, 4.69) is 4.90 Å². The van der Waals surface area contributed by atoms with Crippen LogP contribution in [0.25, 0.3) is 6.08 Å². The van der Waals surface area contributed by atoms with Crippen molar-refractivity contribution >= 4 is 17.5 Å². The third-order valence-electron chi connectivity index (χ3n) is 4.75. The topological polar surface area (TPSA) is 49.8 Å². The van der Waals surface area contributed by atoms with Gasteiger partial charge < -0.3 is 14.7 Å². The minimum Gasteiger partial charge on any atom is -0.504 e. The number of hydrogen-bond donors (Lipinski definition) is 1. The average Bonchev–Trinajstić information content (AvgIpc) is 2.96. The molecule has 4 heteroatoms. The van der Waals surface area contributed by atoms with Crippen LogP contribution in [0.15, 0.2) is 48.5 Å². The summed E-state index contributed by atoms with van der Waals surface area (Å²) >= 11 is 0. The molecule has 2 aromatic rings. The van der Waals surface area contributed by atoms with E-state index in [1.165, 1.54) is 44.6 Å². The lowest BCUT2D eigenvalue weighted by Gasteiger charge is -2.22. The van der Waals surface area contributed by atoms with Gasteiger partial charge in [-0.2, -0.15) is 0 Å². The van der Waals surface area contributed by atoms with Gasteiger partial charge in [0.05, 0.1) is 7.11 Å². The lowest BCUT2D eigenvalue weighted by molar-refractivity contribution is 0.104. The summed E-state index contributed by atoms with van der Waals surface area (Å²) in [6.45, 7) is 2.18. The van der Waals surface area contributed by atoms with E-state index in [0.29, 0.717) is 11.3 Å². The third-order valence-corrected chi connectivity index (χ3v) is 4.75. The molecule has 0 saturated carbocycles. The maximum Gasteiger partial charge on any atom is 0.185 e. The molecule has 0 aromatic heterocycles. The maximum atomic E-state index is 12.4. The number of ether oxygens (including phenoxy) is 1. The van der Waals surface area contributed by atoms with E-state index in [0.717, 1.165) is 18.7 Å². The molecule has 3 rings (SSSR count). The second-order valence-corrected chi connectivity index (χ2v) is 6.58. The van der Waals surface area contributed by atoms with Crippen LogP contribution in [0.3, 0.4) is 0 Å². The number of phenolic OH excluding ortho intramolecular Hbond substituents is 1. The maximum absolute atomic E-state index is 12.4. The molecule has 0 bridgehead atoms. The molecule has 26 heavy (non-hydrogen) atoms. The van der Waals surface area contributed by atoms with Gasteiger partial charge in [0.25, 0.3) is 0 Å². The highest BCUT2D eigenvalue weighted by Gasteiger charge is 2.10. The summed E-state index contributed by atoms with van der Waals surface area (Å²) in [6.07, 6.45) is 8.31. The largest absolute Gasteiger partial charge is 0.504 e. The molecular weight excluding hydrogens is 326 g/mol. The SMILES string of the molecule is COc1ccc(/C=C/C(=O)c2ccc(N3CCCCCC3)cc2)cc1O. The summed E-state index contributed by atoms with van der Waals surface area (Å²) in [5.74, 6) is 0.421. The van der Waals surface area contributed by atoms with Crippen LogP contribution < -0.4 is 9.64 Å². The van der Waals surface area contributed by atoms with Gasteiger partial charge in [-0.3, -0.25) is 4.79 Å². The highest BCUT2D eigenvalue weighted by molar-refractivity contribution is 6.07. The summed E-state index contributed by atoms with van der Waals surface area (Å²) in [5.41, 5.74) is 2.60. The van der Waals surface area contributed by atoms with Crippen molar-refractivity contribution in [1.29, 1.82) is 0 Å². The minimum atomic E-state index is -0.0530. The zero-order valence-electron chi connectivity index (χ0n) is 15.1. The van der Waals surface area contributed by atoms with Crippen LogP contribution in [0.2, 0.25) is 0 Å². The molecule has 0 aliphatic carbocycles. The quantitative estimate of drug-likeness (QED) is 0.628. The van der Waals surface area contributed by atoms with Gasteiger partial charge >= 0.3 is 0 Å². The number of ketones is 1. The molecule has 1 N–H and O–H groups in total. The zero-order chi connectivity index (χ0) is 18.4. The van der Waals surface area contributed by atoms with Gasteiger partial charge in [0.15, 0.2) is 17.3 Å². The first-order valence-corrected chi connectivity index (χ1v) is 9.12. The Morgan fingerprint density at radius 3 is 2.35 bits per heavy atom. The van der Waals surface area contributed by atoms with Gasteiger partial charge in [-0.1, -0.05) is 25.0 Å². The van der Waals surface area contributed by atoms with Crippen molar-refractivity contribution in [3.8, 4) is 11.5 Å². The zero-order valence-corrected chi connectivity index (χ0v) is 15.1. The molecule has 0 amide bonds. The molecule has 1 saturated heterocycles. The van der Waals surface area contributed by atoms with E-state index in [9.17, 15) is 9.90 Å². The molecule has 0 atom stereocenters. The summed E-state index contributed by atoms with van der Waals surface area (Å²) in [6, 6.07) is 12.9. The number of methoxy groups -OCH3 is 1. The molecule has 4 nitrogen and oxygen atoms in total. The first-order chi connectivity index (χ1) is 12.7. The Kier molecular flexibility index (Phi) is 5.95. The van der Waals surface area contributed by atoms with Gasteiger partial charge in [0.2, 0.25) is 0 Å². The number of hydrogen-bond acceptors (Lipinski definition) is 4. The summed E-state index contributed by atoms with van der Waals surface area (Å²) in [5, 5.41) is 9.80. The van der Waals surface area contributed by atoms with Crippen molar-refractivity contribution in [1.82, 2.24) is 0 Å². The van der Waals surface area contributed by atoms with Gasteiger partial charge in [-0.15, -0.1) is 0 Å². The van der Waals surface area contributed by atoms with E-state index >= 15 is 0 Å². The molecular formula is C22H25NO3. The van der Waals surface area contributed by atoms with E-state index in [4.69, 9.17) is 4.74 Å². The fourth-order valence-electron chi connectivity index (χ4n) is 3.24. The van der Waals surface area contributed by atoms with E-state index in [1.807, 2.05) is 24.3 Å². The van der Waals surface area contributed by atoms with Crippen LogP contribution >= 0.6 is 0 Å². The average molecular weight is 351 g/mol. The Balaban J connectivity index is 1.66. The fourth-order valence-corrected chi connectivity index (χ4v) is 3.24. The van der Waals surface area contributed by atoms with E-state index < -0.39 is 0 Å². The first-order valence-electron chi connectivity index (χ1n) is 9.12. The van der Waals surface area contributed by atoms with Crippen molar-refractivity contribution in [2.45, 2.75) is 25.7 Å². The summed E-state index contributed by atoms with van der Waals surface area (Å²) in [4.78, 5) is 14.8. The Morgan fingerprint density at radius 2 is 1.73 bits per heavy atom. The van der Waals surface area contributed by atoms with Crippen molar-refractivity contribution in [3.63, 3.8) is 0 Å². The molecule has 0 unspecified atom stereocenters. The highest BCUT2D eigenvalue weighted by Crippen LogP contribution is 2.27.